The number of halogens is 1. The quantitative estimate of drug-likeness (QED) is 0.698. The second-order valence-electron chi connectivity index (χ2n) is 5.41. The van der Waals surface area contributed by atoms with Gasteiger partial charge in [0.15, 0.2) is 11.6 Å². The van der Waals surface area contributed by atoms with Crippen molar-refractivity contribution in [3.05, 3.63) is 64.7 Å². The molecule has 0 fully saturated rings. The number of nitrogens with one attached hydrogen (secondary N) is 1. The number of carbonyl (C=O) groups excluding carboxylic acids is 1. The highest BCUT2D eigenvalue weighted by atomic mass is 32.1. The number of aryl methyl sites for hydroxylation is 1. The zero-order chi connectivity index (χ0) is 17.6. The minimum Gasteiger partial charge on any atom is -0.490 e. The van der Waals surface area contributed by atoms with Crippen LogP contribution in [0.5, 0.6) is 5.75 Å². The van der Waals surface area contributed by atoms with E-state index in [2.05, 4.69) is 10.3 Å². The fourth-order valence-corrected chi connectivity index (χ4v) is 2.88. The summed E-state index contributed by atoms with van der Waals surface area (Å²) >= 11 is 1.60. The van der Waals surface area contributed by atoms with E-state index in [4.69, 9.17) is 4.74 Å². The smallest absolute Gasteiger partial charge is 0.227 e. The van der Waals surface area contributed by atoms with Crippen molar-refractivity contribution in [2.45, 2.75) is 13.3 Å². The van der Waals surface area contributed by atoms with Crippen molar-refractivity contribution >= 4 is 22.9 Å². The molecule has 0 aliphatic rings. The number of para-hydroxylation sites is 1. The average Bonchev–Trinajstić information content (AvgIpc) is 3.04. The Kier molecular flexibility index (Phi) is 5.40. The van der Waals surface area contributed by atoms with E-state index < -0.39 is 5.82 Å². The monoisotopic (exact) mass is 356 g/mol. The molecule has 1 amide bonds. The third-order valence-electron chi connectivity index (χ3n) is 3.51. The first-order chi connectivity index (χ1) is 12.1. The molecule has 1 heterocycles. The fourth-order valence-electron chi connectivity index (χ4n) is 2.26. The van der Waals surface area contributed by atoms with Gasteiger partial charge in [-0.2, -0.15) is 0 Å². The summed E-state index contributed by atoms with van der Waals surface area (Å²) in [5.74, 6) is -0.470. The molecule has 0 radical (unpaired) electrons. The van der Waals surface area contributed by atoms with Gasteiger partial charge in [0.2, 0.25) is 5.91 Å². The van der Waals surface area contributed by atoms with Crippen LogP contribution in [0.3, 0.4) is 0 Å². The third-order valence-corrected chi connectivity index (χ3v) is 4.28. The van der Waals surface area contributed by atoms with Crippen molar-refractivity contribution in [3.8, 4) is 17.0 Å². The Bertz CT molecular complexity index is 862. The van der Waals surface area contributed by atoms with Crippen molar-refractivity contribution in [2.75, 3.05) is 11.9 Å². The molecule has 4 nitrogen and oxygen atoms in total. The highest BCUT2D eigenvalue weighted by Crippen LogP contribution is 2.23. The number of aromatic nitrogens is 1. The Hall–Kier alpha value is -2.73. The lowest BCUT2D eigenvalue weighted by atomic mass is 10.1. The number of carbonyl (C=O) groups is 1. The van der Waals surface area contributed by atoms with E-state index in [1.807, 2.05) is 36.6 Å². The first kappa shape index (κ1) is 17.1. The standard InChI is InChI=1S/C19H17FN2O2S/c1-13-21-17(12-25-13)14-6-8-15(9-7-14)22-19(23)10-11-24-18-5-3-2-4-16(18)20/h2-9,12H,10-11H2,1H3,(H,22,23). The molecule has 25 heavy (non-hydrogen) atoms. The van der Waals surface area contributed by atoms with Crippen molar-refractivity contribution in [1.29, 1.82) is 0 Å². The van der Waals surface area contributed by atoms with Gasteiger partial charge in [0, 0.05) is 16.6 Å². The van der Waals surface area contributed by atoms with Crippen LogP contribution in [-0.4, -0.2) is 17.5 Å². The van der Waals surface area contributed by atoms with Crippen LogP contribution in [0.2, 0.25) is 0 Å². The molecule has 3 rings (SSSR count). The summed E-state index contributed by atoms with van der Waals surface area (Å²) in [7, 11) is 0. The summed E-state index contributed by atoms with van der Waals surface area (Å²) in [6.45, 7) is 2.08. The Morgan fingerprint density at radius 1 is 1.20 bits per heavy atom. The Balaban J connectivity index is 1.50. The number of benzene rings is 2. The van der Waals surface area contributed by atoms with Crippen LogP contribution in [0.25, 0.3) is 11.3 Å². The van der Waals surface area contributed by atoms with E-state index >= 15 is 0 Å². The normalized spacial score (nSPS) is 10.5. The summed E-state index contributed by atoms with van der Waals surface area (Å²) in [4.78, 5) is 16.4. The Labute approximate surface area is 149 Å². The molecule has 1 N–H and O–H groups in total. The zero-order valence-corrected chi connectivity index (χ0v) is 14.5. The van der Waals surface area contributed by atoms with E-state index in [-0.39, 0.29) is 24.7 Å². The van der Waals surface area contributed by atoms with Gasteiger partial charge < -0.3 is 10.1 Å². The lowest BCUT2D eigenvalue weighted by Gasteiger charge is -2.08. The number of amides is 1. The summed E-state index contributed by atoms with van der Waals surface area (Å²) in [6, 6.07) is 13.6. The molecule has 0 aliphatic heterocycles. The van der Waals surface area contributed by atoms with Crippen LogP contribution in [0.4, 0.5) is 10.1 Å². The summed E-state index contributed by atoms with van der Waals surface area (Å²) in [5.41, 5.74) is 2.63. The van der Waals surface area contributed by atoms with Crippen LogP contribution >= 0.6 is 11.3 Å². The molecule has 128 valence electrons. The number of thiazole rings is 1. The number of anilines is 1. The SMILES string of the molecule is Cc1nc(-c2ccc(NC(=O)CCOc3ccccc3F)cc2)cs1. The third kappa shape index (κ3) is 4.64. The van der Waals surface area contributed by atoms with E-state index in [9.17, 15) is 9.18 Å². The van der Waals surface area contributed by atoms with Crippen molar-refractivity contribution in [2.24, 2.45) is 0 Å². The molecule has 3 aromatic rings. The lowest BCUT2D eigenvalue weighted by molar-refractivity contribution is -0.116. The molecule has 0 unspecified atom stereocenters. The van der Waals surface area contributed by atoms with Crippen molar-refractivity contribution < 1.29 is 13.9 Å². The van der Waals surface area contributed by atoms with Gasteiger partial charge in [-0.25, -0.2) is 9.37 Å². The maximum Gasteiger partial charge on any atom is 0.227 e. The number of hydrogen-bond acceptors (Lipinski definition) is 4. The molecular formula is C19H17FN2O2S. The zero-order valence-electron chi connectivity index (χ0n) is 13.7. The molecule has 0 bridgehead atoms. The molecule has 0 saturated heterocycles. The molecular weight excluding hydrogens is 339 g/mol. The maximum absolute atomic E-state index is 13.4. The van der Waals surface area contributed by atoms with Gasteiger partial charge in [-0.15, -0.1) is 11.3 Å². The number of hydrogen-bond donors (Lipinski definition) is 1. The van der Waals surface area contributed by atoms with E-state index in [1.54, 1.807) is 23.5 Å². The minimum absolute atomic E-state index is 0.114. The van der Waals surface area contributed by atoms with Crippen LogP contribution < -0.4 is 10.1 Å². The fraction of sp³-hybridized carbons (Fsp3) is 0.158. The van der Waals surface area contributed by atoms with E-state index in [0.29, 0.717) is 5.69 Å². The minimum atomic E-state index is -0.434. The molecule has 2 aromatic carbocycles. The van der Waals surface area contributed by atoms with Gasteiger partial charge in [-0.1, -0.05) is 24.3 Å². The van der Waals surface area contributed by atoms with Gasteiger partial charge in [-0.05, 0) is 31.2 Å². The van der Waals surface area contributed by atoms with Crippen molar-refractivity contribution in [3.63, 3.8) is 0 Å². The average molecular weight is 356 g/mol. The largest absolute Gasteiger partial charge is 0.490 e. The second kappa shape index (κ2) is 7.90. The summed E-state index contributed by atoms with van der Waals surface area (Å²) in [6.07, 6.45) is 0.140. The molecule has 0 atom stereocenters. The van der Waals surface area contributed by atoms with E-state index in [1.165, 1.54) is 12.1 Å². The number of rotatable bonds is 6. The number of ether oxygens (including phenoxy) is 1. The summed E-state index contributed by atoms with van der Waals surface area (Å²) < 4.78 is 18.7. The molecule has 0 spiro atoms. The first-order valence-corrected chi connectivity index (χ1v) is 8.69. The van der Waals surface area contributed by atoms with Gasteiger partial charge in [-0.3, -0.25) is 4.79 Å². The van der Waals surface area contributed by atoms with Gasteiger partial charge >= 0.3 is 0 Å². The highest BCUT2D eigenvalue weighted by molar-refractivity contribution is 7.09. The molecule has 1 aromatic heterocycles. The predicted molar refractivity (Wildman–Crippen MR) is 97.4 cm³/mol. The molecule has 0 saturated carbocycles. The second-order valence-corrected chi connectivity index (χ2v) is 6.47. The van der Waals surface area contributed by atoms with Gasteiger partial charge in [0.05, 0.1) is 23.7 Å². The van der Waals surface area contributed by atoms with Crippen LogP contribution in [0.15, 0.2) is 53.9 Å². The lowest BCUT2D eigenvalue weighted by Crippen LogP contribution is -2.15. The highest BCUT2D eigenvalue weighted by Gasteiger charge is 2.07. The van der Waals surface area contributed by atoms with E-state index in [0.717, 1.165) is 16.3 Å². The van der Waals surface area contributed by atoms with Gasteiger partial charge in [0.25, 0.3) is 0 Å². The summed E-state index contributed by atoms with van der Waals surface area (Å²) in [5, 5.41) is 5.82. The first-order valence-electron chi connectivity index (χ1n) is 7.81. The molecule has 0 aliphatic carbocycles. The van der Waals surface area contributed by atoms with Gasteiger partial charge in [0.1, 0.15) is 0 Å². The predicted octanol–water partition coefficient (Wildman–Crippen LogP) is 4.67. The number of nitrogens with zero attached hydrogens (tertiary/aromatic N) is 1. The Morgan fingerprint density at radius 2 is 1.96 bits per heavy atom. The van der Waals surface area contributed by atoms with Crippen LogP contribution in [0.1, 0.15) is 11.4 Å². The maximum atomic E-state index is 13.4. The topological polar surface area (TPSA) is 51.2 Å². The molecule has 6 heteroatoms. The van der Waals surface area contributed by atoms with Crippen LogP contribution in [-0.2, 0) is 4.79 Å². The van der Waals surface area contributed by atoms with Crippen LogP contribution in [0, 0.1) is 12.7 Å². The van der Waals surface area contributed by atoms with Crippen molar-refractivity contribution in [1.82, 2.24) is 4.98 Å². The Morgan fingerprint density at radius 3 is 2.64 bits per heavy atom.